The molecule has 0 radical (unpaired) electrons. The molecule has 2 heterocycles. The van der Waals surface area contributed by atoms with Crippen LogP contribution in [0.5, 0.6) is 0 Å². The van der Waals surface area contributed by atoms with Gasteiger partial charge in [0.05, 0.1) is 12.2 Å². The van der Waals surface area contributed by atoms with Crippen LogP contribution in [-0.4, -0.2) is 35.8 Å². The molecule has 1 aromatic rings. The summed E-state index contributed by atoms with van der Waals surface area (Å²) in [5.74, 6) is 0. The van der Waals surface area contributed by atoms with Gasteiger partial charge in [-0.25, -0.2) is 0 Å². The number of hydrogen-bond donors (Lipinski definition) is 1. The van der Waals surface area contributed by atoms with Crippen molar-refractivity contribution < 1.29 is 14.6 Å². The van der Waals surface area contributed by atoms with Gasteiger partial charge in [0.25, 0.3) is 0 Å². The van der Waals surface area contributed by atoms with Crippen LogP contribution in [0, 0.1) is 0 Å². The lowest BCUT2D eigenvalue weighted by Crippen LogP contribution is -2.45. The van der Waals surface area contributed by atoms with E-state index in [4.69, 9.17) is 9.47 Å². The Morgan fingerprint density at radius 3 is 2.90 bits per heavy atom. The van der Waals surface area contributed by atoms with Crippen LogP contribution in [0.1, 0.15) is 31.2 Å². The van der Waals surface area contributed by atoms with Gasteiger partial charge in [0, 0.05) is 30.0 Å². The number of benzene rings is 1. The molecule has 2 aliphatic rings. The molecule has 1 aromatic carbocycles. The highest BCUT2D eigenvalue weighted by molar-refractivity contribution is 8.00. The van der Waals surface area contributed by atoms with Crippen molar-refractivity contribution in [2.75, 3.05) is 19.8 Å². The van der Waals surface area contributed by atoms with E-state index in [1.807, 2.05) is 23.9 Å². The first-order chi connectivity index (χ1) is 9.80. The van der Waals surface area contributed by atoms with Crippen molar-refractivity contribution >= 4 is 11.8 Å². The molecular weight excluding hydrogens is 272 g/mol. The first-order valence-corrected chi connectivity index (χ1v) is 8.26. The van der Waals surface area contributed by atoms with Gasteiger partial charge in [-0.3, -0.25) is 0 Å². The van der Waals surface area contributed by atoms with E-state index in [0.29, 0.717) is 5.25 Å². The lowest BCUT2D eigenvalue weighted by atomic mass is 9.86. The average molecular weight is 294 g/mol. The normalized spacial score (nSPS) is 25.8. The highest BCUT2D eigenvalue weighted by Gasteiger charge is 2.39. The molecular formula is C16H22O3S. The predicted molar refractivity (Wildman–Crippen MR) is 80.0 cm³/mol. The molecule has 4 heteroatoms. The second-order valence-electron chi connectivity index (χ2n) is 5.68. The summed E-state index contributed by atoms with van der Waals surface area (Å²) in [5.41, 5.74) is 1.05. The molecule has 1 spiro atoms. The zero-order valence-corrected chi connectivity index (χ0v) is 12.5. The van der Waals surface area contributed by atoms with Gasteiger partial charge in [0.1, 0.15) is 0 Å². The van der Waals surface area contributed by atoms with Crippen LogP contribution in [-0.2, 0) is 16.1 Å². The summed E-state index contributed by atoms with van der Waals surface area (Å²) in [7, 11) is 0. The molecule has 110 valence electrons. The maximum atomic E-state index is 9.22. The summed E-state index contributed by atoms with van der Waals surface area (Å²) >= 11 is 1.93. The molecule has 2 fully saturated rings. The van der Waals surface area contributed by atoms with E-state index in [2.05, 4.69) is 12.1 Å². The van der Waals surface area contributed by atoms with Crippen molar-refractivity contribution in [3.63, 3.8) is 0 Å². The minimum absolute atomic E-state index is 0.0583. The summed E-state index contributed by atoms with van der Waals surface area (Å²) < 4.78 is 11.6. The van der Waals surface area contributed by atoms with Crippen molar-refractivity contribution in [1.82, 2.24) is 0 Å². The molecule has 20 heavy (non-hydrogen) atoms. The minimum Gasteiger partial charge on any atom is -0.392 e. The van der Waals surface area contributed by atoms with E-state index in [0.717, 1.165) is 51.1 Å². The Morgan fingerprint density at radius 2 is 2.10 bits per heavy atom. The molecule has 2 aliphatic heterocycles. The number of aliphatic hydroxyl groups excluding tert-OH is 1. The second kappa shape index (κ2) is 6.48. The van der Waals surface area contributed by atoms with Gasteiger partial charge < -0.3 is 14.6 Å². The molecule has 0 saturated carbocycles. The maximum absolute atomic E-state index is 9.22. The molecule has 0 amide bonds. The van der Waals surface area contributed by atoms with Crippen LogP contribution < -0.4 is 0 Å². The lowest BCUT2D eigenvalue weighted by Gasteiger charge is -2.43. The number of hydrogen-bond acceptors (Lipinski definition) is 4. The zero-order valence-electron chi connectivity index (χ0n) is 11.7. The molecule has 0 aliphatic carbocycles. The monoisotopic (exact) mass is 294 g/mol. The Morgan fingerprint density at radius 1 is 1.25 bits per heavy atom. The van der Waals surface area contributed by atoms with E-state index < -0.39 is 0 Å². The van der Waals surface area contributed by atoms with Crippen molar-refractivity contribution in [3.05, 3.63) is 29.8 Å². The minimum atomic E-state index is 0.0583. The van der Waals surface area contributed by atoms with Crippen molar-refractivity contribution in [3.8, 4) is 0 Å². The highest BCUT2D eigenvalue weighted by atomic mass is 32.2. The molecule has 2 saturated heterocycles. The van der Waals surface area contributed by atoms with Crippen LogP contribution in [0.3, 0.4) is 0 Å². The summed E-state index contributed by atoms with van der Waals surface area (Å²) in [6.45, 7) is 2.63. The fraction of sp³-hybridized carbons (Fsp3) is 0.625. The third kappa shape index (κ3) is 3.37. The van der Waals surface area contributed by atoms with Gasteiger partial charge in [0.15, 0.2) is 0 Å². The Bertz CT molecular complexity index is 438. The smallest absolute Gasteiger partial charge is 0.0737 e. The average Bonchev–Trinajstić information content (AvgIpc) is 2.48. The van der Waals surface area contributed by atoms with Crippen molar-refractivity contribution in [2.24, 2.45) is 0 Å². The largest absolute Gasteiger partial charge is 0.392 e. The molecule has 3 rings (SSSR count). The fourth-order valence-corrected chi connectivity index (χ4v) is 4.45. The van der Waals surface area contributed by atoms with Crippen LogP contribution >= 0.6 is 11.8 Å². The Kier molecular flexibility index (Phi) is 4.66. The SMILES string of the molecule is OCc1cccc(SC2CCOC3(CCOCC3)C2)c1. The first kappa shape index (κ1) is 14.4. The maximum Gasteiger partial charge on any atom is 0.0737 e. The summed E-state index contributed by atoms with van der Waals surface area (Å²) in [5, 5.41) is 9.83. The van der Waals surface area contributed by atoms with Crippen molar-refractivity contribution in [1.29, 1.82) is 0 Å². The van der Waals surface area contributed by atoms with E-state index in [-0.39, 0.29) is 12.2 Å². The first-order valence-electron chi connectivity index (χ1n) is 7.38. The Hall–Kier alpha value is -0.550. The lowest BCUT2D eigenvalue weighted by molar-refractivity contribution is -0.131. The molecule has 1 atom stereocenters. The number of aliphatic hydroxyl groups is 1. The Balaban J connectivity index is 1.64. The zero-order chi connectivity index (χ0) is 13.8. The van der Waals surface area contributed by atoms with Gasteiger partial charge in [-0.15, -0.1) is 11.8 Å². The molecule has 3 nitrogen and oxygen atoms in total. The quantitative estimate of drug-likeness (QED) is 0.930. The van der Waals surface area contributed by atoms with E-state index >= 15 is 0 Å². The van der Waals surface area contributed by atoms with Crippen LogP contribution in [0.15, 0.2) is 29.2 Å². The molecule has 0 bridgehead atoms. The third-order valence-corrected chi connectivity index (χ3v) is 5.50. The number of ether oxygens (including phenoxy) is 2. The van der Waals surface area contributed by atoms with E-state index in [9.17, 15) is 5.11 Å². The number of thioether (sulfide) groups is 1. The molecule has 1 N–H and O–H groups in total. The van der Waals surface area contributed by atoms with E-state index in [1.54, 1.807) is 0 Å². The van der Waals surface area contributed by atoms with Crippen LogP contribution in [0.2, 0.25) is 0 Å². The van der Waals surface area contributed by atoms with Crippen LogP contribution in [0.25, 0.3) is 0 Å². The van der Waals surface area contributed by atoms with Gasteiger partial charge >= 0.3 is 0 Å². The molecule has 1 unspecified atom stereocenters. The predicted octanol–water partition coefficient (Wildman–Crippen LogP) is 3.00. The van der Waals surface area contributed by atoms with Gasteiger partial charge in [-0.2, -0.15) is 0 Å². The summed E-state index contributed by atoms with van der Waals surface area (Å²) in [4.78, 5) is 1.26. The topological polar surface area (TPSA) is 38.7 Å². The van der Waals surface area contributed by atoms with Crippen molar-refractivity contribution in [2.45, 2.75) is 48.0 Å². The number of rotatable bonds is 3. The standard InChI is InChI=1S/C16H22O3S/c17-12-13-2-1-3-14(10-13)20-15-4-7-19-16(11-15)5-8-18-9-6-16/h1-3,10,15,17H,4-9,11-12H2. The Labute approximate surface area is 124 Å². The van der Waals surface area contributed by atoms with Gasteiger partial charge in [0.2, 0.25) is 0 Å². The van der Waals surface area contributed by atoms with Gasteiger partial charge in [-0.05, 0) is 43.4 Å². The second-order valence-corrected chi connectivity index (χ2v) is 7.06. The van der Waals surface area contributed by atoms with Gasteiger partial charge in [-0.1, -0.05) is 12.1 Å². The van der Waals surface area contributed by atoms with E-state index in [1.165, 1.54) is 4.90 Å². The summed E-state index contributed by atoms with van der Waals surface area (Å²) in [6.07, 6.45) is 4.28. The highest BCUT2D eigenvalue weighted by Crippen LogP contribution is 2.40. The molecule has 0 aromatic heterocycles. The summed E-state index contributed by atoms with van der Waals surface area (Å²) in [6, 6.07) is 8.22. The third-order valence-electron chi connectivity index (χ3n) is 4.24. The van der Waals surface area contributed by atoms with Crippen LogP contribution in [0.4, 0.5) is 0 Å². The fourth-order valence-electron chi connectivity index (χ4n) is 3.08.